The van der Waals surface area contributed by atoms with Gasteiger partial charge in [-0.2, -0.15) is 0 Å². The van der Waals surface area contributed by atoms with Gasteiger partial charge in [-0.15, -0.1) is 0 Å². The van der Waals surface area contributed by atoms with E-state index in [0.717, 1.165) is 6.42 Å². The maximum absolute atomic E-state index is 5.85. The Morgan fingerprint density at radius 3 is 2.25 bits per heavy atom. The first-order chi connectivity index (χ1) is 9.72. The second-order valence-electron chi connectivity index (χ2n) is 6.07. The second kappa shape index (κ2) is 5.80. The van der Waals surface area contributed by atoms with Crippen LogP contribution in [-0.2, 0) is 19.3 Å². The maximum Gasteiger partial charge on any atom is 0.00509 e. The summed E-state index contributed by atoms with van der Waals surface area (Å²) in [6.07, 6.45) is 6.13. The maximum atomic E-state index is 5.85. The summed E-state index contributed by atoms with van der Waals surface area (Å²) in [6, 6.07) is 16.1. The van der Waals surface area contributed by atoms with Gasteiger partial charge in [0, 0.05) is 6.04 Å². The first-order valence-electron chi connectivity index (χ1n) is 7.69. The summed E-state index contributed by atoms with van der Waals surface area (Å²) in [6.45, 7) is 2.05. The molecule has 1 aliphatic carbocycles. The fourth-order valence-corrected chi connectivity index (χ4v) is 3.12. The molecule has 20 heavy (non-hydrogen) atoms. The van der Waals surface area contributed by atoms with Crippen LogP contribution >= 0.6 is 0 Å². The van der Waals surface area contributed by atoms with Gasteiger partial charge >= 0.3 is 0 Å². The van der Waals surface area contributed by atoms with E-state index in [1.807, 2.05) is 0 Å². The normalized spacial score (nSPS) is 15.7. The van der Waals surface area contributed by atoms with Crippen molar-refractivity contribution in [3.8, 4) is 11.1 Å². The van der Waals surface area contributed by atoms with E-state index >= 15 is 0 Å². The molecule has 1 nitrogen and oxygen atoms in total. The predicted octanol–water partition coefficient (Wildman–Crippen LogP) is 4.12. The highest BCUT2D eigenvalue weighted by Gasteiger charge is 2.10. The Morgan fingerprint density at radius 1 is 0.900 bits per heavy atom. The zero-order valence-electron chi connectivity index (χ0n) is 12.2. The first kappa shape index (κ1) is 13.4. The van der Waals surface area contributed by atoms with Crippen LogP contribution in [0.3, 0.4) is 0 Å². The van der Waals surface area contributed by atoms with Crippen molar-refractivity contribution in [3.05, 3.63) is 59.2 Å². The standard InChI is InChI=1S/C19H23N/c1-14(20)12-15-6-8-17(9-7-15)19-11-10-16-4-2-3-5-18(16)13-19/h6-11,13-14H,2-5,12,20H2,1H3. The zero-order chi connectivity index (χ0) is 13.9. The van der Waals surface area contributed by atoms with Gasteiger partial charge in [0.2, 0.25) is 0 Å². The van der Waals surface area contributed by atoms with Crippen LogP contribution in [0.25, 0.3) is 11.1 Å². The highest BCUT2D eigenvalue weighted by atomic mass is 14.6. The Balaban J connectivity index is 1.85. The van der Waals surface area contributed by atoms with Crippen LogP contribution < -0.4 is 5.73 Å². The van der Waals surface area contributed by atoms with Crippen LogP contribution in [0.1, 0.15) is 36.5 Å². The molecule has 0 fully saturated rings. The molecule has 0 saturated carbocycles. The minimum Gasteiger partial charge on any atom is -0.328 e. The van der Waals surface area contributed by atoms with Crippen LogP contribution in [0, 0.1) is 0 Å². The molecule has 0 bridgehead atoms. The lowest BCUT2D eigenvalue weighted by Gasteiger charge is -2.16. The molecule has 0 heterocycles. The van der Waals surface area contributed by atoms with Gasteiger partial charge in [-0.3, -0.25) is 0 Å². The average Bonchev–Trinajstić information content (AvgIpc) is 2.47. The minimum absolute atomic E-state index is 0.226. The number of nitrogens with two attached hydrogens (primary N) is 1. The van der Waals surface area contributed by atoms with Gasteiger partial charge in [0.05, 0.1) is 0 Å². The SMILES string of the molecule is CC(N)Cc1ccc(-c2ccc3c(c2)CCCC3)cc1. The smallest absolute Gasteiger partial charge is 0.00509 e. The van der Waals surface area contributed by atoms with E-state index in [1.54, 1.807) is 11.1 Å². The highest BCUT2D eigenvalue weighted by Crippen LogP contribution is 2.27. The second-order valence-corrected chi connectivity index (χ2v) is 6.07. The van der Waals surface area contributed by atoms with Gasteiger partial charge in [0.1, 0.15) is 0 Å². The van der Waals surface area contributed by atoms with Crippen molar-refractivity contribution in [2.45, 2.75) is 45.1 Å². The van der Waals surface area contributed by atoms with Gasteiger partial charge in [-0.1, -0.05) is 42.5 Å². The number of fused-ring (bicyclic) bond motifs is 1. The number of hydrogen-bond donors (Lipinski definition) is 1. The van der Waals surface area contributed by atoms with Gasteiger partial charge in [-0.05, 0) is 66.8 Å². The molecule has 3 rings (SSSR count). The van der Waals surface area contributed by atoms with Crippen LogP contribution in [0.4, 0.5) is 0 Å². The molecule has 0 amide bonds. The van der Waals surface area contributed by atoms with E-state index in [1.165, 1.54) is 42.4 Å². The number of benzene rings is 2. The summed E-state index contributed by atoms with van der Waals surface area (Å²) >= 11 is 0. The quantitative estimate of drug-likeness (QED) is 0.887. The molecule has 0 radical (unpaired) electrons. The fourth-order valence-electron chi connectivity index (χ4n) is 3.12. The zero-order valence-corrected chi connectivity index (χ0v) is 12.2. The third-order valence-electron chi connectivity index (χ3n) is 4.19. The number of rotatable bonds is 3. The molecule has 104 valence electrons. The monoisotopic (exact) mass is 265 g/mol. The van der Waals surface area contributed by atoms with Crippen molar-refractivity contribution >= 4 is 0 Å². The lowest BCUT2D eigenvalue weighted by molar-refractivity contribution is 0.686. The molecule has 0 aromatic heterocycles. The van der Waals surface area contributed by atoms with Crippen LogP contribution in [0.15, 0.2) is 42.5 Å². The summed E-state index contributed by atoms with van der Waals surface area (Å²) in [5.41, 5.74) is 12.9. The molecule has 0 aliphatic heterocycles. The van der Waals surface area contributed by atoms with Crippen LogP contribution in [0.5, 0.6) is 0 Å². The Bertz CT molecular complexity index is 581. The van der Waals surface area contributed by atoms with Crippen molar-refractivity contribution in [1.82, 2.24) is 0 Å². The number of aryl methyl sites for hydroxylation is 2. The summed E-state index contributed by atoms with van der Waals surface area (Å²) < 4.78 is 0. The van der Waals surface area contributed by atoms with Gasteiger partial charge in [0.25, 0.3) is 0 Å². The van der Waals surface area contributed by atoms with E-state index < -0.39 is 0 Å². The molecule has 1 atom stereocenters. The fraction of sp³-hybridized carbons (Fsp3) is 0.368. The third kappa shape index (κ3) is 2.94. The molecule has 2 aromatic carbocycles. The van der Waals surface area contributed by atoms with E-state index in [0.29, 0.717) is 0 Å². The van der Waals surface area contributed by atoms with Crippen LogP contribution in [0.2, 0.25) is 0 Å². The topological polar surface area (TPSA) is 26.0 Å². The molecule has 1 aliphatic rings. The summed E-state index contributed by atoms with van der Waals surface area (Å²) in [5, 5.41) is 0. The van der Waals surface area contributed by atoms with Crippen molar-refractivity contribution in [2.24, 2.45) is 5.73 Å². The van der Waals surface area contributed by atoms with Gasteiger partial charge in [-0.25, -0.2) is 0 Å². The third-order valence-corrected chi connectivity index (χ3v) is 4.19. The Labute approximate surface area is 121 Å². The van der Waals surface area contributed by atoms with E-state index in [9.17, 15) is 0 Å². The molecule has 2 N–H and O–H groups in total. The largest absolute Gasteiger partial charge is 0.328 e. The van der Waals surface area contributed by atoms with Crippen molar-refractivity contribution in [2.75, 3.05) is 0 Å². The van der Waals surface area contributed by atoms with E-state index in [4.69, 9.17) is 5.73 Å². The van der Waals surface area contributed by atoms with Gasteiger partial charge in [0.15, 0.2) is 0 Å². The van der Waals surface area contributed by atoms with Crippen molar-refractivity contribution < 1.29 is 0 Å². The van der Waals surface area contributed by atoms with Crippen molar-refractivity contribution in [3.63, 3.8) is 0 Å². The summed E-state index contributed by atoms with van der Waals surface area (Å²) in [5.74, 6) is 0. The summed E-state index contributed by atoms with van der Waals surface area (Å²) in [4.78, 5) is 0. The van der Waals surface area contributed by atoms with Crippen molar-refractivity contribution in [1.29, 1.82) is 0 Å². The molecule has 1 unspecified atom stereocenters. The Kier molecular flexibility index (Phi) is 3.88. The lowest BCUT2D eigenvalue weighted by Crippen LogP contribution is -2.17. The first-order valence-corrected chi connectivity index (χ1v) is 7.69. The molecular weight excluding hydrogens is 242 g/mol. The van der Waals surface area contributed by atoms with E-state index in [2.05, 4.69) is 49.4 Å². The molecule has 1 heteroatoms. The molecule has 0 saturated heterocycles. The molecular formula is C19H23N. The number of hydrogen-bond acceptors (Lipinski definition) is 1. The Hall–Kier alpha value is -1.60. The summed E-state index contributed by atoms with van der Waals surface area (Å²) in [7, 11) is 0. The Morgan fingerprint density at radius 2 is 1.55 bits per heavy atom. The van der Waals surface area contributed by atoms with E-state index in [-0.39, 0.29) is 6.04 Å². The lowest BCUT2D eigenvalue weighted by atomic mass is 9.89. The van der Waals surface area contributed by atoms with Gasteiger partial charge < -0.3 is 5.73 Å². The predicted molar refractivity (Wildman–Crippen MR) is 85.9 cm³/mol. The molecule has 2 aromatic rings. The average molecular weight is 265 g/mol. The minimum atomic E-state index is 0.226. The molecule has 0 spiro atoms. The van der Waals surface area contributed by atoms with Crippen LogP contribution in [-0.4, -0.2) is 6.04 Å². The highest BCUT2D eigenvalue weighted by molar-refractivity contribution is 5.65.